The van der Waals surface area contributed by atoms with E-state index in [0.29, 0.717) is 0 Å². The highest BCUT2D eigenvalue weighted by molar-refractivity contribution is 4.71. The lowest BCUT2D eigenvalue weighted by Gasteiger charge is -2.25. The Morgan fingerprint density at radius 2 is 2.56 bits per heavy atom. The molecular weight excluding hydrogens is 118 g/mol. The molecule has 0 aromatic heterocycles. The van der Waals surface area contributed by atoms with Crippen LogP contribution in [0.1, 0.15) is 6.92 Å². The summed E-state index contributed by atoms with van der Waals surface area (Å²) in [6, 6.07) is 0. The van der Waals surface area contributed by atoms with E-state index in [-0.39, 0.29) is 12.2 Å². The van der Waals surface area contributed by atoms with E-state index < -0.39 is 0 Å². The van der Waals surface area contributed by atoms with Crippen molar-refractivity contribution in [1.82, 2.24) is 5.32 Å². The molecule has 0 aliphatic carbocycles. The summed E-state index contributed by atoms with van der Waals surface area (Å²) in [4.78, 5) is 0. The third-order valence-electron chi connectivity index (χ3n) is 1.49. The van der Waals surface area contributed by atoms with Gasteiger partial charge in [0.05, 0.1) is 18.8 Å². The van der Waals surface area contributed by atoms with Gasteiger partial charge >= 0.3 is 0 Å². The Morgan fingerprint density at radius 1 is 1.78 bits per heavy atom. The molecule has 0 aromatic rings. The normalized spacial score (nSPS) is 32.0. The van der Waals surface area contributed by atoms with Gasteiger partial charge in [-0.2, -0.15) is 0 Å². The van der Waals surface area contributed by atoms with Crippen LogP contribution in [0.2, 0.25) is 0 Å². The van der Waals surface area contributed by atoms with Crippen LogP contribution in [0.25, 0.3) is 0 Å². The molecule has 3 nitrogen and oxygen atoms in total. The smallest absolute Gasteiger partial charge is 0.0955 e. The molecule has 54 valence electrons. The fourth-order valence-electron chi connectivity index (χ4n) is 0.896. The summed E-state index contributed by atoms with van der Waals surface area (Å²) >= 11 is 0. The van der Waals surface area contributed by atoms with Crippen LogP contribution >= 0.6 is 0 Å². The second-order valence-electron chi connectivity index (χ2n) is 2.35. The molecule has 0 amide bonds. The van der Waals surface area contributed by atoms with Crippen molar-refractivity contribution in [2.45, 2.75) is 19.1 Å². The number of ether oxygens (including phenoxy) is 1. The first-order valence-electron chi connectivity index (χ1n) is 3.31. The van der Waals surface area contributed by atoms with E-state index in [4.69, 9.17) is 9.84 Å². The highest BCUT2D eigenvalue weighted by Gasteiger charge is 2.17. The average molecular weight is 131 g/mol. The Hall–Kier alpha value is -0.120. The van der Waals surface area contributed by atoms with Crippen LogP contribution in [0, 0.1) is 0 Å². The molecule has 0 unspecified atom stereocenters. The zero-order chi connectivity index (χ0) is 6.69. The Bertz CT molecular complexity index is 79.1. The molecular formula is C6H13NO2. The van der Waals surface area contributed by atoms with Crippen molar-refractivity contribution in [2.24, 2.45) is 0 Å². The Labute approximate surface area is 55.0 Å². The number of morpholine rings is 1. The lowest BCUT2D eigenvalue weighted by Crippen LogP contribution is -2.43. The van der Waals surface area contributed by atoms with Crippen LogP contribution in [-0.2, 0) is 4.74 Å². The van der Waals surface area contributed by atoms with Gasteiger partial charge < -0.3 is 15.2 Å². The van der Waals surface area contributed by atoms with Crippen molar-refractivity contribution in [2.75, 3.05) is 19.7 Å². The maximum absolute atomic E-state index is 9.01. The van der Waals surface area contributed by atoms with Gasteiger partial charge in [-0.05, 0) is 6.92 Å². The summed E-state index contributed by atoms with van der Waals surface area (Å²) in [7, 11) is 0. The minimum absolute atomic E-state index is 0.00116. The molecule has 0 radical (unpaired) electrons. The van der Waals surface area contributed by atoms with Crippen molar-refractivity contribution >= 4 is 0 Å². The maximum Gasteiger partial charge on any atom is 0.0955 e. The van der Waals surface area contributed by atoms with Crippen molar-refractivity contribution < 1.29 is 9.84 Å². The quantitative estimate of drug-likeness (QED) is 0.497. The van der Waals surface area contributed by atoms with Crippen LogP contribution in [0.15, 0.2) is 0 Å². The van der Waals surface area contributed by atoms with Gasteiger partial charge in [-0.1, -0.05) is 0 Å². The predicted octanol–water partition coefficient (Wildman–Crippen LogP) is -0.644. The average Bonchev–Trinajstić information content (AvgIpc) is 1.90. The largest absolute Gasteiger partial charge is 0.391 e. The first kappa shape index (κ1) is 6.99. The highest BCUT2D eigenvalue weighted by atomic mass is 16.5. The minimum Gasteiger partial charge on any atom is -0.391 e. The van der Waals surface area contributed by atoms with Crippen LogP contribution in [-0.4, -0.2) is 37.0 Å². The van der Waals surface area contributed by atoms with Gasteiger partial charge in [0.25, 0.3) is 0 Å². The predicted molar refractivity (Wildman–Crippen MR) is 34.3 cm³/mol. The Balaban J connectivity index is 2.23. The fraction of sp³-hybridized carbons (Fsp3) is 1.00. The van der Waals surface area contributed by atoms with E-state index in [1.807, 2.05) is 0 Å². The molecule has 0 aromatic carbocycles. The first-order valence-corrected chi connectivity index (χ1v) is 3.31. The number of aliphatic hydroxyl groups excluding tert-OH is 1. The zero-order valence-electron chi connectivity index (χ0n) is 5.63. The van der Waals surface area contributed by atoms with Gasteiger partial charge in [0.2, 0.25) is 0 Å². The molecule has 1 saturated heterocycles. The second kappa shape index (κ2) is 3.15. The van der Waals surface area contributed by atoms with E-state index in [1.54, 1.807) is 6.92 Å². The molecule has 3 heteroatoms. The summed E-state index contributed by atoms with van der Waals surface area (Å²) in [6.45, 7) is 4.15. The number of hydrogen-bond donors (Lipinski definition) is 2. The van der Waals surface area contributed by atoms with E-state index in [9.17, 15) is 0 Å². The van der Waals surface area contributed by atoms with Gasteiger partial charge in [0.15, 0.2) is 0 Å². The summed E-state index contributed by atoms with van der Waals surface area (Å²) in [5.41, 5.74) is 0. The van der Waals surface area contributed by atoms with Crippen LogP contribution in [0.3, 0.4) is 0 Å². The minimum atomic E-state index is -0.349. The molecule has 1 aliphatic heterocycles. The number of aliphatic hydroxyl groups is 1. The van der Waals surface area contributed by atoms with Crippen LogP contribution in [0.4, 0.5) is 0 Å². The Morgan fingerprint density at radius 3 is 2.89 bits per heavy atom. The third kappa shape index (κ3) is 1.93. The van der Waals surface area contributed by atoms with E-state index in [0.717, 1.165) is 19.7 Å². The van der Waals surface area contributed by atoms with Gasteiger partial charge in [-0.15, -0.1) is 0 Å². The molecule has 1 fully saturated rings. The monoisotopic (exact) mass is 131 g/mol. The lowest BCUT2D eigenvalue weighted by atomic mass is 10.2. The molecule has 0 spiro atoms. The van der Waals surface area contributed by atoms with Crippen molar-refractivity contribution in [3.8, 4) is 0 Å². The van der Waals surface area contributed by atoms with Gasteiger partial charge in [-0.3, -0.25) is 0 Å². The summed E-state index contributed by atoms with van der Waals surface area (Å²) in [5, 5.41) is 12.1. The molecule has 0 saturated carbocycles. The van der Waals surface area contributed by atoms with Gasteiger partial charge in [0.1, 0.15) is 0 Å². The lowest BCUT2D eigenvalue weighted by molar-refractivity contribution is -0.0445. The second-order valence-corrected chi connectivity index (χ2v) is 2.35. The zero-order valence-corrected chi connectivity index (χ0v) is 5.63. The molecule has 2 atom stereocenters. The topological polar surface area (TPSA) is 41.5 Å². The molecule has 2 N–H and O–H groups in total. The summed E-state index contributed by atoms with van der Waals surface area (Å²) in [6.07, 6.45) is -0.350. The molecule has 0 bridgehead atoms. The maximum atomic E-state index is 9.01. The number of hydrogen-bond acceptors (Lipinski definition) is 3. The standard InChI is InChI=1S/C6H13NO2/c1-5(8)6-4-7-2-3-9-6/h5-8H,2-4H2,1H3/t5-,6+/m1/s1. The van der Waals surface area contributed by atoms with Crippen molar-refractivity contribution in [3.05, 3.63) is 0 Å². The summed E-state index contributed by atoms with van der Waals surface area (Å²) < 4.78 is 5.23. The Kier molecular flexibility index (Phi) is 2.45. The molecule has 1 heterocycles. The number of nitrogens with one attached hydrogen (secondary N) is 1. The van der Waals surface area contributed by atoms with Crippen LogP contribution in [0.5, 0.6) is 0 Å². The van der Waals surface area contributed by atoms with Gasteiger partial charge in [-0.25, -0.2) is 0 Å². The third-order valence-corrected chi connectivity index (χ3v) is 1.49. The first-order chi connectivity index (χ1) is 4.30. The van der Waals surface area contributed by atoms with E-state index >= 15 is 0 Å². The fourth-order valence-corrected chi connectivity index (χ4v) is 0.896. The van der Waals surface area contributed by atoms with Crippen molar-refractivity contribution in [1.29, 1.82) is 0 Å². The molecule has 1 aliphatic rings. The highest BCUT2D eigenvalue weighted by Crippen LogP contribution is 2.00. The van der Waals surface area contributed by atoms with E-state index in [1.165, 1.54) is 0 Å². The van der Waals surface area contributed by atoms with Crippen molar-refractivity contribution in [3.63, 3.8) is 0 Å². The van der Waals surface area contributed by atoms with E-state index in [2.05, 4.69) is 5.32 Å². The molecule has 1 rings (SSSR count). The van der Waals surface area contributed by atoms with Crippen LogP contribution < -0.4 is 5.32 Å². The number of rotatable bonds is 1. The molecule has 9 heavy (non-hydrogen) atoms. The summed E-state index contributed by atoms with van der Waals surface area (Å²) in [5.74, 6) is 0. The SMILES string of the molecule is C[C@@H](O)[C@@H]1CNCCO1. The van der Waals surface area contributed by atoms with Gasteiger partial charge in [0, 0.05) is 13.1 Å².